The number of ether oxygens (including phenoxy) is 1. The third-order valence-electron chi connectivity index (χ3n) is 3.52. The Morgan fingerprint density at radius 1 is 1.08 bits per heavy atom. The summed E-state index contributed by atoms with van der Waals surface area (Å²) in [6.07, 6.45) is -0.904. The number of thiophene rings is 1. The van der Waals surface area contributed by atoms with Gasteiger partial charge in [-0.05, 0) is 67.8 Å². The minimum absolute atomic E-state index is 0.377. The number of nitrogens with one attached hydrogen (secondary N) is 1. The zero-order valence-corrected chi connectivity index (χ0v) is 17.1. The predicted molar refractivity (Wildman–Crippen MR) is 107 cm³/mol. The van der Waals surface area contributed by atoms with Crippen LogP contribution in [-0.2, 0) is 9.53 Å². The Bertz CT molecular complexity index is 935. The number of amides is 1. The summed E-state index contributed by atoms with van der Waals surface area (Å²) in [7, 11) is 0. The van der Waals surface area contributed by atoms with E-state index in [1.54, 1.807) is 13.0 Å². The number of rotatable bonds is 4. The first-order valence-electron chi connectivity index (χ1n) is 7.39. The predicted octanol–water partition coefficient (Wildman–Crippen LogP) is 5.61. The molecule has 0 aliphatic heterocycles. The van der Waals surface area contributed by atoms with Crippen LogP contribution in [-0.4, -0.2) is 18.0 Å². The Hall–Kier alpha value is -1.70. The molecule has 0 bridgehead atoms. The SMILES string of the molecule is C[C@H](OC(=O)c1cc(Br)c(Br)s1)C(=O)Nc1ccc2ccccc2c1. The first-order valence-corrected chi connectivity index (χ1v) is 9.80. The van der Waals surface area contributed by atoms with Crippen molar-refractivity contribution in [3.8, 4) is 0 Å². The number of esters is 1. The van der Waals surface area contributed by atoms with E-state index in [1.807, 2.05) is 42.5 Å². The van der Waals surface area contributed by atoms with Crippen LogP contribution in [0.25, 0.3) is 10.8 Å². The van der Waals surface area contributed by atoms with Gasteiger partial charge in [0.2, 0.25) is 0 Å². The molecular weight excluding hydrogens is 470 g/mol. The lowest BCUT2D eigenvalue weighted by Crippen LogP contribution is -2.29. The van der Waals surface area contributed by atoms with E-state index in [2.05, 4.69) is 37.2 Å². The van der Waals surface area contributed by atoms with E-state index in [9.17, 15) is 9.59 Å². The van der Waals surface area contributed by atoms with Crippen LogP contribution >= 0.6 is 43.2 Å². The van der Waals surface area contributed by atoms with E-state index >= 15 is 0 Å². The fraction of sp³-hybridized carbons (Fsp3) is 0.111. The summed E-state index contributed by atoms with van der Waals surface area (Å²) in [4.78, 5) is 24.8. The van der Waals surface area contributed by atoms with Crippen molar-refractivity contribution in [2.75, 3.05) is 5.32 Å². The van der Waals surface area contributed by atoms with E-state index in [0.717, 1.165) is 19.0 Å². The van der Waals surface area contributed by atoms with E-state index < -0.39 is 12.1 Å². The summed E-state index contributed by atoms with van der Waals surface area (Å²) < 4.78 is 6.82. The molecule has 0 aliphatic carbocycles. The number of hydrogen-bond donors (Lipinski definition) is 1. The van der Waals surface area contributed by atoms with Gasteiger partial charge in [-0.1, -0.05) is 30.3 Å². The maximum atomic E-state index is 12.3. The molecule has 128 valence electrons. The van der Waals surface area contributed by atoms with Crippen LogP contribution in [0.3, 0.4) is 0 Å². The second-order valence-corrected chi connectivity index (χ2v) is 8.56. The van der Waals surface area contributed by atoms with Crippen molar-refractivity contribution in [3.05, 3.63) is 61.7 Å². The van der Waals surface area contributed by atoms with Crippen molar-refractivity contribution in [3.63, 3.8) is 0 Å². The Morgan fingerprint density at radius 3 is 2.48 bits per heavy atom. The summed E-state index contributed by atoms with van der Waals surface area (Å²) in [5.41, 5.74) is 0.660. The summed E-state index contributed by atoms with van der Waals surface area (Å²) in [5.74, 6) is -0.907. The standard InChI is InChI=1S/C18H13Br2NO3S/c1-10(24-18(23)15-9-14(19)16(20)25-15)17(22)21-13-7-6-11-4-2-3-5-12(11)8-13/h2-10H,1H3,(H,21,22)/t10-/m0/s1. The molecule has 1 N–H and O–H groups in total. The Morgan fingerprint density at radius 2 is 1.80 bits per heavy atom. The average molecular weight is 483 g/mol. The fourth-order valence-corrected chi connectivity index (χ4v) is 4.15. The smallest absolute Gasteiger partial charge is 0.349 e. The van der Waals surface area contributed by atoms with Crippen molar-refractivity contribution < 1.29 is 14.3 Å². The quantitative estimate of drug-likeness (QED) is 0.491. The maximum absolute atomic E-state index is 12.3. The highest BCUT2D eigenvalue weighted by molar-refractivity contribution is 9.13. The summed E-state index contributed by atoms with van der Waals surface area (Å²) in [6.45, 7) is 1.55. The second kappa shape index (κ2) is 7.68. The molecule has 0 saturated heterocycles. The van der Waals surface area contributed by atoms with Crippen LogP contribution in [0, 0.1) is 0 Å². The van der Waals surface area contributed by atoms with Crippen molar-refractivity contribution in [2.45, 2.75) is 13.0 Å². The van der Waals surface area contributed by atoms with Gasteiger partial charge < -0.3 is 10.1 Å². The number of fused-ring (bicyclic) bond motifs is 1. The van der Waals surface area contributed by atoms with Gasteiger partial charge in [-0.2, -0.15) is 0 Å². The number of anilines is 1. The van der Waals surface area contributed by atoms with Crippen LogP contribution in [0.2, 0.25) is 0 Å². The van der Waals surface area contributed by atoms with E-state index in [0.29, 0.717) is 10.6 Å². The highest BCUT2D eigenvalue weighted by Crippen LogP contribution is 2.32. The minimum Gasteiger partial charge on any atom is -0.448 e. The number of carbonyl (C=O) groups is 2. The molecule has 3 aromatic rings. The van der Waals surface area contributed by atoms with E-state index in [4.69, 9.17) is 4.74 Å². The molecule has 0 radical (unpaired) electrons. The molecule has 4 nitrogen and oxygen atoms in total. The normalized spacial score (nSPS) is 12.0. The molecule has 0 fully saturated rings. The lowest BCUT2D eigenvalue weighted by molar-refractivity contribution is -0.123. The van der Waals surface area contributed by atoms with Gasteiger partial charge in [-0.15, -0.1) is 11.3 Å². The highest BCUT2D eigenvalue weighted by Gasteiger charge is 2.21. The zero-order valence-electron chi connectivity index (χ0n) is 13.1. The van der Waals surface area contributed by atoms with Gasteiger partial charge in [-0.3, -0.25) is 4.79 Å². The molecule has 0 spiro atoms. The van der Waals surface area contributed by atoms with Crippen LogP contribution in [0.4, 0.5) is 5.69 Å². The molecule has 0 aliphatic rings. The summed E-state index contributed by atoms with van der Waals surface area (Å²) in [5, 5.41) is 4.89. The molecule has 1 amide bonds. The lowest BCUT2D eigenvalue weighted by Gasteiger charge is -2.13. The molecule has 1 atom stereocenters. The first kappa shape index (κ1) is 18.1. The van der Waals surface area contributed by atoms with Gasteiger partial charge >= 0.3 is 5.97 Å². The van der Waals surface area contributed by atoms with Crippen LogP contribution in [0.5, 0.6) is 0 Å². The first-order chi connectivity index (χ1) is 11.9. The molecule has 0 unspecified atom stereocenters. The maximum Gasteiger partial charge on any atom is 0.349 e. The largest absolute Gasteiger partial charge is 0.448 e. The third-order valence-corrected chi connectivity index (χ3v) is 6.75. The number of carbonyl (C=O) groups excluding carboxylic acids is 2. The van der Waals surface area contributed by atoms with E-state index in [1.165, 1.54) is 11.3 Å². The minimum atomic E-state index is -0.904. The Labute approximate surface area is 165 Å². The van der Waals surface area contributed by atoms with Crippen molar-refractivity contribution in [1.29, 1.82) is 0 Å². The molecule has 1 aromatic heterocycles. The molecule has 1 heterocycles. The Balaban J connectivity index is 1.66. The lowest BCUT2D eigenvalue weighted by atomic mass is 10.1. The summed E-state index contributed by atoms with van der Waals surface area (Å²) >= 11 is 7.89. The van der Waals surface area contributed by atoms with Crippen molar-refractivity contribution in [2.24, 2.45) is 0 Å². The monoisotopic (exact) mass is 481 g/mol. The van der Waals surface area contributed by atoms with Gasteiger partial charge in [0.15, 0.2) is 6.10 Å². The fourth-order valence-electron chi connectivity index (χ4n) is 2.23. The van der Waals surface area contributed by atoms with Crippen molar-refractivity contribution >= 4 is 71.5 Å². The average Bonchev–Trinajstić information content (AvgIpc) is 2.94. The molecule has 3 rings (SSSR count). The summed E-state index contributed by atoms with van der Waals surface area (Å²) in [6, 6.07) is 15.2. The zero-order chi connectivity index (χ0) is 18.0. The van der Waals surface area contributed by atoms with Gasteiger partial charge in [0.25, 0.3) is 5.91 Å². The van der Waals surface area contributed by atoms with Crippen LogP contribution in [0.15, 0.2) is 56.8 Å². The Kier molecular flexibility index (Phi) is 5.56. The molecule has 7 heteroatoms. The number of benzene rings is 2. The molecule has 25 heavy (non-hydrogen) atoms. The van der Waals surface area contributed by atoms with E-state index in [-0.39, 0.29) is 5.91 Å². The van der Waals surface area contributed by atoms with Crippen molar-refractivity contribution in [1.82, 2.24) is 0 Å². The van der Waals surface area contributed by atoms with Crippen LogP contribution < -0.4 is 5.32 Å². The number of hydrogen-bond acceptors (Lipinski definition) is 4. The third kappa shape index (κ3) is 4.29. The van der Waals surface area contributed by atoms with Gasteiger partial charge in [0.1, 0.15) is 4.88 Å². The number of halogens is 2. The topological polar surface area (TPSA) is 55.4 Å². The van der Waals surface area contributed by atoms with Gasteiger partial charge in [0.05, 0.1) is 3.79 Å². The highest BCUT2D eigenvalue weighted by atomic mass is 79.9. The second-order valence-electron chi connectivity index (χ2n) is 5.33. The molecular formula is C18H13Br2NO3S. The molecule has 2 aromatic carbocycles. The van der Waals surface area contributed by atoms with Gasteiger partial charge in [-0.25, -0.2) is 4.79 Å². The van der Waals surface area contributed by atoms with Crippen LogP contribution in [0.1, 0.15) is 16.6 Å². The van der Waals surface area contributed by atoms with Gasteiger partial charge in [0, 0.05) is 10.2 Å². The molecule has 0 saturated carbocycles.